The number of nitro groups is 1. The third kappa shape index (κ3) is 3.63. The van der Waals surface area contributed by atoms with Crippen molar-refractivity contribution < 1.29 is 9.31 Å². The Kier molecular flexibility index (Phi) is 5.46. The van der Waals surface area contributed by atoms with Gasteiger partial charge in [0.05, 0.1) is 21.3 Å². The van der Waals surface area contributed by atoms with Gasteiger partial charge < -0.3 is 4.90 Å². The summed E-state index contributed by atoms with van der Waals surface area (Å²) in [6.45, 7) is 0. The average molecular weight is 419 g/mol. The number of nitrogens with zero attached hydrogens (tertiary/aromatic N) is 2. The Morgan fingerprint density at radius 2 is 1.33 bits per heavy atom. The third-order valence-corrected chi connectivity index (χ3v) is 5.04. The SMILES string of the molecule is O=[N+]([O-])c1cccc(-c2ccccc2N(c2ccccc2)c2ccccc2Cl)c1F. The summed E-state index contributed by atoms with van der Waals surface area (Å²) in [5.41, 5.74) is 2.28. The van der Waals surface area contributed by atoms with Gasteiger partial charge in [0.1, 0.15) is 0 Å². The van der Waals surface area contributed by atoms with E-state index in [1.54, 1.807) is 18.2 Å². The molecule has 0 aliphatic heterocycles. The van der Waals surface area contributed by atoms with Crippen molar-refractivity contribution in [1.82, 2.24) is 0 Å². The minimum Gasteiger partial charge on any atom is -0.308 e. The fourth-order valence-corrected chi connectivity index (χ4v) is 3.60. The van der Waals surface area contributed by atoms with Crippen LogP contribution in [0.25, 0.3) is 11.1 Å². The van der Waals surface area contributed by atoms with Gasteiger partial charge in [0.15, 0.2) is 0 Å². The number of anilines is 3. The maximum absolute atomic E-state index is 15.1. The molecule has 148 valence electrons. The van der Waals surface area contributed by atoms with Crippen molar-refractivity contribution >= 4 is 34.4 Å². The Labute approximate surface area is 177 Å². The molecule has 30 heavy (non-hydrogen) atoms. The van der Waals surface area contributed by atoms with Crippen molar-refractivity contribution in [3.8, 4) is 11.1 Å². The zero-order valence-corrected chi connectivity index (χ0v) is 16.5. The van der Waals surface area contributed by atoms with Gasteiger partial charge in [0.2, 0.25) is 5.82 Å². The number of nitro benzene ring substituents is 1. The van der Waals surface area contributed by atoms with Gasteiger partial charge in [0, 0.05) is 22.9 Å². The van der Waals surface area contributed by atoms with Crippen LogP contribution >= 0.6 is 11.6 Å². The highest BCUT2D eigenvalue weighted by Crippen LogP contribution is 2.44. The van der Waals surface area contributed by atoms with E-state index in [9.17, 15) is 10.1 Å². The summed E-state index contributed by atoms with van der Waals surface area (Å²) in [6.07, 6.45) is 0. The first-order chi connectivity index (χ1) is 14.6. The second-order valence-electron chi connectivity index (χ2n) is 6.54. The molecule has 6 heteroatoms. The predicted octanol–water partition coefficient (Wildman–Crippen LogP) is 7.52. The molecular weight excluding hydrogens is 403 g/mol. The topological polar surface area (TPSA) is 46.4 Å². The van der Waals surface area contributed by atoms with Crippen LogP contribution in [0.2, 0.25) is 5.02 Å². The maximum atomic E-state index is 15.1. The number of benzene rings is 4. The number of rotatable bonds is 5. The molecule has 0 saturated carbocycles. The zero-order chi connectivity index (χ0) is 21.1. The van der Waals surface area contributed by atoms with Crippen LogP contribution in [0.3, 0.4) is 0 Å². The lowest BCUT2D eigenvalue weighted by Crippen LogP contribution is -2.12. The van der Waals surface area contributed by atoms with Crippen LogP contribution in [0.15, 0.2) is 97.1 Å². The van der Waals surface area contributed by atoms with Gasteiger partial charge in [0.25, 0.3) is 0 Å². The van der Waals surface area contributed by atoms with E-state index in [1.165, 1.54) is 12.1 Å². The smallest absolute Gasteiger partial charge is 0.305 e. The maximum Gasteiger partial charge on any atom is 0.305 e. The van der Waals surface area contributed by atoms with Gasteiger partial charge in [-0.15, -0.1) is 0 Å². The lowest BCUT2D eigenvalue weighted by Gasteiger charge is -2.28. The van der Waals surface area contributed by atoms with E-state index in [4.69, 9.17) is 11.6 Å². The van der Waals surface area contributed by atoms with Gasteiger partial charge in [-0.1, -0.05) is 72.3 Å². The molecule has 0 unspecified atom stereocenters. The second-order valence-corrected chi connectivity index (χ2v) is 6.94. The average Bonchev–Trinajstić information content (AvgIpc) is 2.76. The van der Waals surface area contributed by atoms with Crippen molar-refractivity contribution in [3.05, 3.63) is 118 Å². The number of hydrogen-bond donors (Lipinski definition) is 0. The Bertz CT molecular complexity index is 1210. The van der Waals surface area contributed by atoms with E-state index in [-0.39, 0.29) is 5.56 Å². The lowest BCUT2D eigenvalue weighted by atomic mass is 10.0. The van der Waals surface area contributed by atoms with E-state index in [2.05, 4.69) is 0 Å². The minimum atomic E-state index is -0.873. The Morgan fingerprint density at radius 3 is 2.03 bits per heavy atom. The molecule has 0 aliphatic rings. The summed E-state index contributed by atoms with van der Waals surface area (Å²) in [6, 6.07) is 28.3. The summed E-state index contributed by atoms with van der Waals surface area (Å²) in [4.78, 5) is 12.4. The quantitative estimate of drug-likeness (QED) is 0.248. The van der Waals surface area contributed by atoms with Crippen molar-refractivity contribution in [2.75, 3.05) is 4.90 Å². The van der Waals surface area contributed by atoms with Crippen molar-refractivity contribution in [1.29, 1.82) is 0 Å². The standard InChI is InChI=1S/C24H16ClFN2O2/c25-20-13-5-7-15-22(20)27(17-9-2-1-3-10-17)21-14-6-4-11-18(21)19-12-8-16-23(24(19)26)28(29)30/h1-16H. The molecule has 0 aliphatic carbocycles. The van der Waals surface area contributed by atoms with Crippen LogP contribution in [-0.4, -0.2) is 4.92 Å². The molecule has 0 heterocycles. The van der Waals surface area contributed by atoms with Crippen molar-refractivity contribution in [2.24, 2.45) is 0 Å². The largest absolute Gasteiger partial charge is 0.308 e. The highest BCUT2D eigenvalue weighted by Gasteiger charge is 2.23. The summed E-state index contributed by atoms with van der Waals surface area (Å²) in [7, 11) is 0. The summed E-state index contributed by atoms with van der Waals surface area (Å²) in [5.74, 6) is -0.873. The highest BCUT2D eigenvalue weighted by molar-refractivity contribution is 6.33. The first-order valence-corrected chi connectivity index (χ1v) is 9.57. The number of hydrogen-bond acceptors (Lipinski definition) is 3. The molecule has 4 aromatic rings. The normalized spacial score (nSPS) is 10.6. The fraction of sp³-hybridized carbons (Fsp3) is 0. The molecule has 4 nitrogen and oxygen atoms in total. The van der Waals surface area contributed by atoms with E-state index in [0.29, 0.717) is 22.0 Å². The molecule has 0 atom stereocenters. The predicted molar refractivity (Wildman–Crippen MR) is 118 cm³/mol. The van der Waals surface area contributed by atoms with Crippen LogP contribution in [0.1, 0.15) is 0 Å². The molecule has 0 amide bonds. The molecule has 0 saturated heterocycles. The molecule has 0 aromatic heterocycles. The van der Waals surface area contributed by atoms with Gasteiger partial charge in [-0.25, -0.2) is 0 Å². The molecular formula is C24H16ClFN2O2. The van der Waals surface area contributed by atoms with Crippen molar-refractivity contribution in [2.45, 2.75) is 0 Å². The summed E-state index contributed by atoms with van der Waals surface area (Å²) in [5, 5.41) is 11.8. The molecule has 0 fully saturated rings. The minimum absolute atomic E-state index is 0.146. The van der Waals surface area contributed by atoms with Crippen LogP contribution < -0.4 is 4.90 Å². The van der Waals surface area contributed by atoms with E-state index >= 15 is 4.39 Å². The first-order valence-electron chi connectivity index (χ1n) is 9.20. The van der Waals surface area contributed by atoms with Gasteiger partial charge >= 0.3 is 5.69 Å². The van der Waals surface area contributed by atoms with Gasteiger partial charge in [-0.3, -0.25) is 10.1 Å². The van der Waals surface area contributed by atoms with Gasteiger partial charge in [-0.2, -0.15) is 4.39 Å². The second kappa shape index (κ2) is 8.35. The summed E-state index contributed by atoms with van der Waals surface area (Å²) < 4.78 is 15.1. The molecule has 4 aromatic carbocycles. The van der Waals surface area contributed by atoms with Crippen LogP contribution in [-0.2, 0) is 0 Å². The monoisotopic (exact) mass is 418 g/mol. The van der Waals surface area contributed by atoms with E-state index in [1.807, 2.05) is 65.6 Å². The Morgan fingerprint density at radius 1 is 0.733 bits per heavy atom. The van der Waals surface area contributed by atoms with Crippen LogP contribution in [0, 0.1) is 15.9 Å². The third-order valence-electron chi connectivity index (χ3n) is 4.72. The molecule has 0 spiro atoms. The van der Waals surface area contributed by atoms with E-state index in [0.717, 1.165) is 11.8 Å². The summed E-state index contributed by atoms with van der Waals surface area (Å²) >= 11 is 6.51. The number of para-hydroxylation sites is 3. The first kappa shape index (κ1) is 19.6. The van der Waals surface area contributed by atoms with Gasteiger partial charge in [-0.05, 0) is 30.3 Å². The zero-order valence-electron chi connectivity index (χ0n) is 15.7. The fourth-order valence-electron chi connectivity index (χ4n) is 3.38. The molecule has 0 radical (unpaired) electrons. The lowest BCUT2D eigenvalue weighted by molar-refractivity contribution is -0.387. The van der Waals surface area contributed by atoms with E-state index < -0.39 is 16.4 Å². The Balaban J connectivity index is 1.99. The molecule has 0 N–H and O–H groups in total. The number of halogens is 2. The molecule has 4 rings (SSSR count). The molecule has 0 bridgehead atoms. The highest BCUT2D eigenvalue weighted by atomic mass is 35.5. The van der Waals surface area contributed by atoms with Crippen LogP contribution in [0.4, 0.5) is 27.1 Å². The van der Waals surface area contributed by atoms with Crippen LogP contribution in [0.5, 0.6) is 0 Å². The van der Waals surface area contributed by atoms with Crippen molar-refractivity contribution in [3.63, 3.8) is 0 Å². The Hall–Kier alpha value is -3.70.